The van der Waals surface area contributed by atoms with Gasteiger partial charge in [-0.1, -0.05) is 17.3 Å². The first-order chi connectivity index (χ1) is 17.6. The van der Waals surface area contributed by atoms with Crippen molar-refractivity contribution in [3.05, 3.63) is 89.5 Å². The molecule has 0 atom stereocenters. The number of nitrogens with zero attached hydrogens (tertiary/aromatic N) is 7. The molecule has 0 fully saturated rings. The predicted octanol–water partition coefficient (Wildman–Crippen LogP) is 3.75. The SMILES string of the molecule is N#Cc1ccc(Cn2nccc2-c2cc(F)c3nnn(-c4ccc5c(CCO)n[nH]c5c4)c3c2)cc1. The van der Waals surface area contributed by atoms with Crippen LogP contribution in [0.25, 0.3) is 38.9 Å². The summed E-state index contributed by atoms with van der Waals surface area (Å²) in [6.45, 7) is 0.483. The Hall–Kier alpha value is -4.88. The quantitative estimate of drug-likeness (QED) is 0.376. The Morgan fingerprint density at radius 3 is 2.72 bits per heavy atom. The summed E-state index contributed by atoms with van der Waals surface area (Å²) in [6.07, 6.45) is 2.13. The van der Waals surface area contributed by atoms with Crippen LogP contribution in [0.3, 0.4) is 0 Å². The first-order valence-corrected chi connectivity index (χ1v) is 11.3. The van der Waals surface area contributed by atoms with Gasteiger partial charge in [0.15, 0.2) is 5.82 Å². The van der Waals surface area contributed by atoms with E-state index in [1.54, 1.807) is 27.7 Å². The largest absolute Gasteiger partial charge is 0.396 e. The predicted molar refractivity (Wildman–Crippen MR) is 131 cm³/mol. The third kappa shape index (κ3) is 3.68. The van der Waals surface area contributed by atoms with Crippen LogP contribution in [-0.4, -0.2) is 46.7 Å². The van der Waals surface area contributed by atoms with Gasteiger partial charge in [-0.25, -0.2) is 9.07 Å². The molecule has 2 N–H and O–H groups in total. The van der Waals surface area contributed by atoms with E-state index in [9.17, 15) is 5.11 Å². The zero-order valence-corrected chi connectivity index (χ0v) is 18.9. The minimum atomic E-state index is -0.479. The van der Waals surface area contributed by atoms with Crippen LogP contribution < -0.4 is 0 Å². The second-order valence-corrected chi connectivity index (χ2v) is 8.38. The molecule has 0 saturated carbocycles. The number of nitrogens with one attached hydrogen (secondary N) is 1. The van der Waals surface area contributed by atoms with Crippen LogP contribution in [0, 0.1) is 17.1 Å². The van der Waals surface area contributed by atoms with Gasteiger partial charge in [-0.15, -0.1) is 5.10 Å². The minimum Gasteiger partial charge on any atom is -0.396 e. The first-order valence-electron chi connectivity index (χ1n) is 11.3. The highest BCUT2D eigenvalue weighted by Crippen LogP contribution is 2.29. The third-order valence-corrected chi connectivity index (χ3v) is 6.15. The molecule has 36 heavy (non-hydrogen) atoms. The van der Waals surface area contributed by atoms with Crippen LogP contribution in [0.2, 0.25) is 0 Å². The van der Waals surface area contributed by atoms with Gasteiger partial charge < -0.3 is 5.11 Å². The normalized spacial score (nSPS) is 11.4. The number of aliphatic hydroxyl groups is 1. The maximum Gasteiger partial charge on any atom is 0.153 e. The number of halogens is 1. The van der Waals surface area contributed by atoms with Gasteiger partial charge in [0, 0.05) is 30.2 Å². The van der Waals surface area contributed by atoms with Gasteiger partial charge in [0.1, 0.15) is 5.52 Å². The average molecular weight is 478 g/mol. The lowest BCUT2D eigenvalue weighted by Crippen LogP contribution is -2.04. The zero-order chi connectivity index (χ0) is 24.6. The molecule has 0 saturated heterocycles. The molecule has 0 radical (unpaired) electrons. The number of benzene rings is 3. The number of aromatic nitrogens is 7. The highest BCUT2D eigenvalue weighted by Gasteiger charge is 2.17. The van der Waals surface area contributed by atoms with E-state index < -0.39 is 5.82 Å². The lowest BCUT2D eigenvalue weighted by atomic mass is 10.1. The van der Waals surface area contributed by atoms with Crippen molar-refractivity contribution < 1.29 is 9.50 Å². The van der Waals surface area contributed by atoms with Crippen LogP contribution in [-0.2, 0) is 13.0 Å². The summed E-state index contributed by atoms with van der Waals surface area (Å²) in [4.78, 5) is 0. The maximum absolute atomic E-state index is 15.1. The molecule has 3 heterocycles. The van der Waals surface area contributed by atoms with E-state index in [0.29, 0.717) is 35.3 Å². The summed E-state index contributed by atoms with van der Waals surface area (Å²) < 4.78 is 18.5. The number of nitriles is 1. The summed E-state index contributed by atoms with van der Waals surface area (Å²) in [5.74, 6) is -0.479. The molecule has 176 valence electrons. The Morgan fingerprint density at radius 2 is 1.92 bits per heavy atom. The molecule has 3 aromatic heterocycles. The molecule has 0 aliphatic rings. The van der Waals surface area contributed by atoms with Crippen molar-refractivity contribution in [1.29, 1.82) is 5.26 Å². The Balaban J connectivity index is 1.40. The molecule has 10 heteroatoms. The van der Waals surface area contributed by atoms with E-state index in [4.69, 9.17) is 5.26 Å². The summed E-state index contributed by atoms with van der Waals surface area (Å²) in [5.41, 5.74) is 5.91. The molecule has 0 bridgehead atoms. The Bertz CT molecular complexity index is 1760. The van der Waals surface area contributed by atoms with Gasteiger partial charge >= 0.3 is 0 Å². The van der Waals surface area contributed by atoms with Crippen LogP contribution in [0.5, 0.6) is 0 Å². The zero-order valence-electron chi connectivity index (χ0n) is 18.9. The van der Waals surface area contributed by atoms with Crippen LogP contribution in [0.1, 0.15) is 16.8 Å². The number of hydrogen-bond donors (Lipinski definition) is 2. The van der Waals surface area contributed by atoms with Crippen LogP contribution in [0.15, 0.2) is 66.9 Å². The van der Waals surface area contributed by atoms with Crippen molar-refractivity contribution in [2.45, 2.75) is 13.0 Å². The van der Waals surface area contributed by atoms with Crippen molar-refractivity contribution in [1.82, 2.24) is 35.0 Å². The molecular weight excluding hydrogens is 459 g/mol. The molecule has 0 spiro atoms. The number of H-pyrrole nitrogens is 1. The van der Waals surface area contributed by atoms with Gasteiger partial charge in [-0.2, -0.15) is 15.5 Å². The molecule has 6 aromatic rings. The fourth-order valence-electron chi connectivity index (χ4n) is 4.38. The highest BCUT2D eigenvalue weighted by molar-refractivity contribution is 5.86. The van der Waals surface area contributed by atoms with E-state index >= 15 is 4.39 Å². The first kappa shape index (κ1) is 21.6. The molecule has 3 aromatic carbocycles. The number of aliphatic hydroxyl groups excluding tert-OH is 1. The third-order valence-electron chi connectivity index (χ3n) is 6.15. The molecule has 0 amide bonds. The Morgan fingerprint density at radius 1 is 1.06 bits per heavy atom. The highest BCUT2D eigenvalue weighted by atomic mass is 19.1. The molecule has 9 nitrogen and oxygen atoms in total. The molecule has 6 rings (SSSR count). The average Bonchev–Trinajstić information content (AvgIpc) is 3.63. The van der Waals surface area contributed by atoms with E-state index in [1.165, 1.54) is 6.07 Å². The Labute approximate surface area is 204 Å². The molecular formula is C26H19FN8O. The summed E-state index contributed by atoms with van der Waals surface area (Å²) in [6, 6.07) is 20.2. The van der Waals surface area contributed by atoms with E-state index in [0.717, 1.165) is 27.9 Å². The van der Waals surface area contributed by atoms with Crippen molar-refractivity contribution in [3.63, 3.8) is 0 Å². The lowest BCUT2D eigenvalue weighted by Gasteiger charge is -2.09. The molecule has 0 unspecified atom stereocenters. The second kappa shape index (κ2) is 8.72. The fraction of sp³-hybridized carbons (Fsp3) is 0.115. The summed E-state index contributed by atoms with van der Waals surface area (Å²) in [5, 5.41) is 39.1. The Kier molecular flexibility index (Phi) is 5.24. The summed E-state index contributed by atoms with van der Waals surface area (Å²) in [7, 11) is 0. The van der Waals surface area contributed by atoms with E-state index in [-0.39, 0.29) is 12.1 Å². The number of fused-ring (bicyclic) bond motifs is 2. The molecule has 0 aliphatic carbocycles. The number of aromatic amines is 1. The minimum absolute atomic E-state index is 0.0131. The summed E-state index contributed by atoms with van der Waals surface area (Å²) >= 11 is 0. The number of hydrogen-bond acceptors (Lipinski definition) is 6. The standard InChI is InChI=1S/C26H19FN8O/c27-21-11-18(24-7-9-29-34(24)15-17-3-1-16(14-28)2-4-17)12-25-26(21)32-33-35(25)19-5-6-20-22(8-10-36)30-31-23(20)13-19/h1-7,9,11-13,36H,8,10,15H2,(H,30,31). The van der Waals surface area contributed by atoms with Crippen molar-refractivity contribution in [2.24, 2.45) is 0 Å². The lowest BCUT2D eigenvalue weighted by molar-refractivity contribution is 0.298. The van der Waals surface area contributed by atoms with Crippen LogP contribution in [0.4, 0.5) is 4.39 Å². The smallest absolute Gasteiger partial charge is 0.153 e. The number of rotatable bonds is 6. The maximum atomic E-state index is 15.1. The topological polar surface area (TPSA) is 121 Å². The van der Waals surface area contributed by atoms with Crippen molar-refractivity contribution in [2.75, 3.05) is 6.61 Å². The van der Waals surface area contributed by atoms with Gasteiger partial charge in [0.25, 0.3) is 0 Å². The van der Waals surface area contributed by atoms with Crippen molar-refractivity contribution in [3.8, 4) is 23.0 Å². The van der Waals surface area contributed by atoms with Gasteiger partial charge in [-0.05, 0) is 54.1 Å². The molecule has 0 aliphatic heterocycles. The van der Waals surface area contributed by atoms with E-state index in [2.05, 4.69) is 31.7 Å². The second-order valence-electron chi connectivity index (χ2n) is 8.38. The monoisotopic (exact) mass is 478 g/mol. The van der Waals surface area contributed by atoms with Crippen LogP contribution >= 0.6 is 0 Å². The fourth-order valence-corrected chi connectivity index (χ4v) is 4.38. The van der Waals surface area contributed by atoms with E-state index in [1.807, 2.05) is 42.5 Å². The van der Waals surface area contributed by atoms with Gasteiger partial charge in [0.2, 0.25) is 0 Å². The van der Waals surface area contributed by atoms with Gasteiger partial charge in [0.05, 0.1) is 46.3 Å². The van der Waals surface area contributed by atoms with Crippen molar-refractivity contribution >= 4 is 21.9 Å². The van der Waals surface area contributed by atoms with Gasteiger partial charge in [-0.3, -0.25) is 9.78 Å².